The lowest BCUT2D eigenvalue weighted by atomic mass is 9.78. The topological polar surface area (TPSA) is 68.2 Å². The molecule has 0 radical (unpaired) electrons. The molecule has 4 rings (SSSR count). The molecule has 2 saturated heterocycles. The van der Waals surface area contributed by atoms with E-state index in [4.69, 9.17) is 14.2 Å². The Morgan fingerprint density at radius 1 is 0.700 bits per heavy atom. The first-order valence-corrected chi connectivity index (χ1v) is 10.9. The van der Waals surface area contributed by atoms with E-state index in [0.29, 0.717) is 0 Å². The van der Waals surface area contributed by atoms with Crippen LogP contribution in [-0.2, 0) is 19.6 Å². The molecule has 164 valence electrons. The van der Waals surface area contributed by atoms with Gasteiger partial charge in [-0.15, -0.1) is 0 Å². The molecule has 2 aliphatic heterocycles. The third kappa shape index (κ3) is 6.46. The molecule has 2 aliphatic rings. The van der Waals surface area contributed by atoms with Crippen molar-refractivity contribution in [2.75, 3.05) is 13.2 Å². The maximum atomic E-state index is 9.30. The third-order valence-electron chi connectivity index (χ3n) is 5.76. The maximum Gasteiger partial charge on any atom is 0.160 e. The monoisotopic (exact) mass is 414 g/mol. The lowest BCUT2D eigenvalue weighted by Gasteiger charge is -2.29. The Morgan fingerprint density at radius 2 is 1.10 bits per heavy atom. The molecule has 0 amide bonds. The highest BCUT2D eigenvalue weighted by Crippen LogP contribution is 2.32. The van der Waals surface area contributed by atoms with Crippen LogP contribution < -0.4 is 0 Å². The van der Waals surface area contributed by atoms with Crippen LogP contribution >= 0.6 is 0 Å². The van der Waals surface area contributed by atoms with Crippen molar-refractivity contribution in [3.63, 3.8) is 0 Å². The van der Waals surface area contributed by atoms with E-state index in [1.165, 1.54) is 25.7 Å². The average Bonchev–Trinajstić information content (AvgIpc) is 2.76. The van der Waals surface area contributed by atoms with Gasteiger partial charge in [0.1, 0.15) is 11.5 Å². The second-order valence-electron chi connectivity index (χ2n) is 8.45. The van der Waals surface area contributed by atoms with E-state index in [9.17, 15) is 10.2 Å². The van der Waals surface area contributed by atoms with Gasteiger partial charge in [0.25, 0.3) is 0 Å². The molecule has 0 aromatic heterocycles. The van der Waals surface area contributed by atoms with Crippen LogP contribution in [0.4, 0.5) is 0 Å². The van der Waals surface area contributed by atoms with Crippen LogP contribution in [0.25, 0.3) is 0 Å². The van der Waals surface area contributed by atoms with Crippen molar-refractivity contribution in [2.24, 2.45) is 0 Å². The minimum atomic E-state index is -0.151. The molecule has 30 heavy (non-hydrogen) atoms. The zero-order valence-corrected chi connectivity index (χ0v) is 18.0. The van der Waals surface area contributed by atoms with Gasteiger partial charge < -0.3 is 24.4 Å². The molecule has 0 spiro atoms. The molecule has 2 aromatic rings. The van der Waals surface area contributed by atoms with Crippen LogP contribution in [0.5, 0.6) is 11.5 Å². The Bertz CT molecular complexity index is 679. The Morgan fingerprint density at radius 3 is 1.43 bits per heavy atom. The number of benzene rings is 2. The zero-order chi connectivity index (χ0) is 21.4. The van der Waals surface area contributed by atoms with Crippen LogP contribution in [0.15, 0.2) is 48.5 Å². The van der Waals surface area contributed by atoms with E-state index < -0.39 is 0 Å². The van der Waals surface area contributed by atoms with Gasteiger partial charge >= 0.3 is 0 Å². The second kappa shape index (κ2) is 10.8. The SMILES string of the molecule is C1CCC(OC2CCCCO2)OC1.CC(C)(c1ccc(O)cc1)c1ccc(O)cc1. The fourth-order valence-corrected chi connectivity index (χ4v) is 3.73. The predicted octanol–water partition coefficient (Wildman–Crippen LogP) is 5.48. The van der Waals surface area contributed by atoms with E-state index in [0.717, 1.165) is 37.2 Å². The minimum Gasteiger partial charge on any atom is -0.508 e. The van der Waals surface area contributed by atoms with Gasteiger partial charge in [-0.2, -0.15) is 0 Å². The van der Waals surface area contributed by atoms with Gasteiger partial charge in [0.2, 0.25) is 0 Å². The number of aromatic hydroxyl groups is 2. The van der Waals surface area contributed by atoms with Crippen molar-refractivity contribution in [2.45, 2.75) is 70.4 Å². The van der Waals surface area contributed by atoms with Crippen LogP contribution in [0.3, 0.4) is 0 Å². The molecule has 0 aliphatic carbocycles. The summed E-state index contributed by atoms with van der Waals surface area (Å²) in [6.07, 6.45) is 6.83. The summed E-state index contributed by atoms with van der Waals surface area (Å²) in [6.45, 7) is 5.92. The Balaban J connectivity index is 0.000000177. The fraction of sp³-hybridized carbons (Fsp3) is 0.520. The molecule has 2 unspecified atom stereocenters. The number of rotatable bonds is 4. The third-order valence-corrected chi connectivity index (χ3v) is 5.76. The predicted molar refractivity (Wildman–Crippen MR) is 117 cm³/mol. The van der Waals surface area contributed by atoms with Crippen molar-refractivity contribution < 1.29 is 24.4 Å². The summed E-state index contributed by atoms with van der Waals surface area (Å²) in [7, 11) is 0. The summed E-state index contributed by atoms with van der Waals surface area (Å²) in [5, 5.41) is 18.6. The number of ether oxygens (including phenoxy) is 3. The van der Waals surface area contributed by atoms with Crippen LogP contribution in [-0.4, -0.2) is 36.0 Å². The van der Waals surface area contributed by atoms with Crippen molar-refractivity contribution in [3.05, 3.63) is 59.7 Å². The highest BCUT2D eigenvalue weighted by molar-refractivity contribution is 5.41. The summed E-state index contributed by atoms with van der Waals surface area (Å²) in [4.78, 5) is 0. The summed E-state index contributed by atoms with van der Waals surface area (Å²) in [6, 6.07) is 14.4. The normalized spacial score (nSPS) is 22.1. The van der Waals surface area contributed by atoms with Crippen molar-refractivity contribution >= 4 is 0 Å². The zero-order valence-electron chi connectivity index (χ0n) is 18.0. The Hall–Kier alpha value is -2.08. The quantitative estimate of drug-likeness (QED) is 0.693. The molecule has 0 bridgehead atoms. The smallest absolute Gasteiger partial charge is 0.160 e. The van der Waals surface area contributed by atoms with Gasteiger partial charge in [0.15, 0.2) is 12.6 Å². The Labute approximate surface area is 179 Å². The molecular weight excluding hydrogens is 380 g/mol. The van der Waals surface area contributed by atoms with Crippen LogP contribution in [0, 0.1) is 0 Å². The largest absolute Gasteiger partial charge is 0.508 e. The lowest BCUT2D eigenvalue weighted by molar-refractivity contribution is -0.264. The van der Waals surface area contributed by atoms with Crippen molar-refractivity contribution in [3.8, 4) is 11.5 Å². The van der Waals surface area contributed by atoms with Gasteiger partial charge in [-0.25, -0.2) is 0 Å². The minimum absolute atomic E-state index is 0.00292. The van der Waals surface area contributed by atoms with Gasteiger partial charge in [-0.05, 0) is 73.9 Å². The second-order valence-corrected chi connectivity index (χ2v) is 8.45. The highest BCUT2D eigenvalue weighted by Gasteiger charge is 2.23. The van der Waals surface area contributed by atoms with Gasteiger partial charge in [0.05, 0.1) is 0 Å². The molecule has 2 atom stereocenters. The standard InChI is InChI=1S/C15H16O2.C10H18O3/c1-15(2,11-3-7-13(16)8-4-11)12-5-9-14(17)10-6-12;1-3-7-11-9(5-1)13-10-6-2-4-8-12-10/h3-10,16-17H,1-2H3;9-10H,1-8H2. The van der Waals surface area contributed by atoms with E-state index in [-0.39, 0.29) is 29.5 Å². The molecule has 5 nitrogen and oxygen atoms in total. The number of phenols is 2. The lowest BCUT2D eigenvalue weighted by Crippen LogP contribution is -2.31. The first-order chi connectivity index (χ1) is 14.4. The summed E-state index contributed by atoms with van der Waals surface area (Å²) >= 11 is 0. The van der Waals surface area contributed by atoms with E-state index in [1.807, 2.05) is 24.3 Å². The highest BCUT2D eigenvalue weighted by atomic mass is 16.8. The molecule has 0 saturated carbocycles. The summed E-state index contributed by atoms with van der Waals surface area (Å²) < 4.78 is 16.6. The van der Waals surface area contributed by atoms with E-state index in [1.54, 1.807) is 24.3 Å². The molecular formula is C25H34O5. The first kappa shape index (κ1) is 22.6. The fourth-order valence-electron chi connectivity index (χ4n) is 3.73. The number of hydrogen-bond acceptors (Lipinski definition) is 5. The van der Waals surface area contributed by atoms with Crippen molar-refractivity contribution in [1.82, 2.24) is 0 Å². The van der Waals surface area contributed by atoms with E-state index in [2.05, 4.69) is 13.8 Å². The maximum absolute atomic E-state index is 9.30. The number of hydrogen-bond donors (Lipinski definition) is 2. The molecule has 2 N–H and O–H groups in total. The van der Waals surface area contributed by atoms with Crippen LogP contribution in [0.2, 0.25) is 0 Å². The van der Waals surface area contributed by atoms with Crippen LogP contribution in [0.1, 0.15) is 63.5 Å². The Kier molecular flexibility index (Phi) is 8.14. The van der Waals surface area contributed by atoms with Gasteiger partial charge in [-0.1, -0.05) is 38.1 Å². The van der Waals surface area contributed by atoms with Gasteiger partial charge in [0, 0.05) is 18.6 Å². The number of phenolic OH excluding ortho intramolecular Hbond substituents is 2. The molecule has 5 heteroatoms. The van der Waals surface area contributed by atoms with E-state index >= 15 is 0 Å². The van der Waals surface area contributed by atoms with Gasteiger partial charge in [-0.3, -0.25) is 0 Å². The summed E-state index contributed by atoms with van der Waals surface area (Å²) in [5.74, 6) is 0.547. The van der Waals surface area contributed by atoms with Crippen molar-refractivity contribution in [1.29, 1.82) is 0 Å². The first-order valence-electron chi connectivity index (χ1n) is 10.9. The summed E-state index contributed by atoms with van der Waals surface area (Å²) in [5.41, 5.74) is 2.10. The average molecular weight is 415 g/mol. The molecule has 2 aromatic carbocycles. The molecule has 2 heterocycles. The molecule has 2 fully saturated rings.